The van der Waals surface area contributed by atoms with E-state index in [2.05, 4.69) is 13.0 Å². The first-order chi connectivity index (χ1) is 5.25. The lowest BCUT2D eigenvalue weighted by Crippen LogP contribution is -2.24. The van der Waals surface area contributed by atoms with Gasteiger partial charge in [-0.05, 0) is 23.9 Å². The predicted molar refractivity (Wildman–Crippen MR) is 49.5 cm³/mol. The first-order valence-corrected chi connectivity index (χ1v) is 4.62. The maximum absolute atomic E-state index is 5.92. The van der Waals surface area contributed by atoms with Crippen LogP contribution in [0, 0.1) is 5.92 Å². The molecule has 62 valence electrons. The van der Waals surface area contributed by atoms with Gasteiger partial charge in [0.1, 0.15) is 0 Å². The molecule has 2 unspecified atom stereocenters. The van der Waals surface area contributed by atoms with Crippen LogP contribution in [0.5, 0.6) is 0 Å². The van der Waals surface area contributed by atoms with Crippen LogP contribution in [0.4, 0.5) is 0 Å². The smallest absolute Gasteiger partial charge is 0.0427 e. The summed E-state index contributed by atoms with van der Waals surface area (Å²) in [6.45, 7) is 2.73. The highest BCUT2D eigenvalue weighted by Gasteiger charge is 2.13. The van der Waals surface area contributed by atoms with E-state index in [0.29, 0.717) is 12.5 Å². The third-order valence-corrected chi connectivity index (χ3v) is 2.83. The van der Waals surface area contributed by atoms with Crippen LogP contribution >= 0.6 is 11.3 Å². The number of hydrogen-bond donors (Lipinski definition) is 2. The van der Waals surface area contributed by atoms with Gasteiger partial charge >= 0.3 is 0 Å². The van der Waals surface area contributed by atoms with Gasteiger partial charge in [0, 0.05) is 10.9 Å². The molecular weight excluding hydrogens is 156 g/mol. The van der Waals surface area contributed by atoms with Crippen LogP contribution in [0.3, 0.4) is 0 Å². The molecule has 0 fully saturated rings. The predicted octanol–water partition coefficient (Wildman–Crippen LogP) is 1.34. The highest BCUT2D eigenvalue weighted by Crippen LogP contribution is 2.22. The molecule has 0 saturated heterocycles. The topological polar surface area (TPSA) is 52.0 Å². The lowest BCUT2D eigenvalue weighted by molar-refractivity contribution is 0.487. The Kier molecular flexibility index (Phi) is 3.05. The van der Waals surface area contributed by atoms with Crippen LogP contribution in [0.25, 0.3) is 0 Å². The molecule has 1 aromatic rings. The van der Waals surface area contributed by atoms with Crippen molar-refractivity contribution >= 4 is 11.3 Å². The normalized spacial score (nSPS) is 16.3. The summed E-state index contributed by atoms with van der Waals surface area (Å²) >= 11 is 1.69. The molecule has 4 N–H and O–H groups in total. The quantitative estimate of drug-likeness (QED) is 0.719. The van der Waals surface area contributed by atoms with E-state index < -0.39 is 0 Å². The van der Waals surface area contributed by atoms with Crippen LogP contribution < -0.4 is 11.5 Å². The van der Waals surface area contributed by atoms with Crippen molar-refractivity contribution in [1.82, 2.24) is 0 Å². The number of nitrogens with two attached hydrogens (primary N) is 2. The van der Waals surface area contributed by atoms with Gasteiger partial charge in [-0.3, -0.25) is 0 Å². The lowest BCUT2D eigenvalue weighted by Gasteiger charge is -2.15. The summed E-state index contributed by atoms with van der Waals surface area (Å²) in [5, 5.41) is 2.04. The third-order valence-electron chi connectivity index (χ3n) is 1.86. The molecular formula is C8H14N2S. The van der Waals surface area contributed by atoms with Crippen LogP contribution in [0.1, 0.15) is 17.8 Å². The minimum atomic E-state index is 0.111. The first kappa shape index (κ1) is 8.71. The molecule has 0 aliphatic carbocycles. The fraction of sp³-hybridized carbons (Fsp3) is 0.500. The van der Waals surface area contributed by atoms with Crippen LogP contribution in [0.2, 0.25) is 0 Å². The number of thiophene rings is 1. The molecule has 0 radical (unpaired) electrons. The van der Waals surface area contributed by atoms with Gasteiger partial charge in [-0.1, -0.05) is 13.0 Å². The molecule has 0 saturated carbocycles. The average molecular weight is 170 g/mol. The Bertz CT molecular complexity index is 196. The van der Waals surface area contributed by atoms with Gasteiger partial charge in [-0.15, -0.1) is 11.3 Å². The minimum absolute atomic E-state index is 0.111. The van der Waals surface area contributed by atoms with Gasteiger partial charge in [-0.25, -0.2) is 0 Å². The zero-order chi connectivity index (χ0) is 8.27. The van der Waals surface area contributed by atoms with Gasteiger partial charge in [0.25, 0.3) is 0 Å². The van der Waals surface area contributed by atoms with Crippen LogP contribution in [-0.4, -0.2) is 6.54 Å². The standard InChI is InChI=1S/C8H14N2S/c1-6(5-9)8(10)7-3-2-4-11-7/h2-4,6,8H,5,9-10H2,1H3. The maximum Gasteiger partial charge on any atom is 0.0427 e. The van der Waals surface area contributed by atoms with Crippen molar-refractivity contribution < 1.29 is 0 Å². The van der Waals surface area contributed by atoms with E-state index >= 15 is 0 Å². The van der Waals surface area contributed by atoms with Crippen LogP contribution in [-0.2, 0) is 0 Å². The van der Waals surface area contributed by atoms with Gasteiger partial charge in [-0.2, -0.15) is 0 Å². The summed E-state index contributed by atoms with van der Waals surface area (Å²) < 4.78 is 0. The second-order valence-electron chi connectivity index (χ2n) is 2.75. The van der Waals surface area contributed by atoms with E-state index in [0.717, 1.165) is 0 Å². The molecule has 0 bridgehead atoms. The number of rotatable bonds is 3. The van der Waals surface area contributed by atoms with Gasteiger partial charge in [0.2, 0.25) is 0 Å². The van der Waals surface area contributed by atoms with Gasteiger partial charge in [0.15, 0.2) is 0 Å². The Hall–Kier alpha value is -0.380. The van der Waals surface area contributed by atoms with E-state index in [1.807, 2.05) is 11.4 Å². The fourth-order valence-electron chi connectivity index (χ4n) is 0.908. The molecule has 1 heterocycles. The summed E-state index contributed by atoms with van der Waals surface area (Å²) in [7, 11) is 0. The van der Waals surface area contributed by atoms with E-state index in [1.165, 1.54) is 4.88 Å². The monoisotopic (exact) mass is 170 g/mol. The molecule has 0 amide bonds. The zero-order valence-electron chi connectivity index (χ0n) is 6.66. The molecule has 0 spiro atoms. The fourth-order valence-corrected chi connectivity index (χ4v) is 1.77. The largest absolute Gasteiger partial charge is 0.330 e. The first-order valence-electron chi connectivity index (χ1n) is 3.74. The van der Waals surface area contributed by atoms with E-state index in [9.17, 15) is 0 Å². The Morgan fingerprint density at radius 2 is 2.36 bits per heavy atom. The molecule has 2 atom stereocenters. The van der Waals surface area contributed by atoms with E-state index in [-0.39, 0.29) is 6.04 Å². The Balaban J connectivity index is 2.62. The van der Waals surface area contributed by atoms with Crippen molar-refractivity contribution in [3.05, 3.63) is 22.4 Å². The molecule has 3 heteroatoms. The molecule has 2 nitrogen and oxygen atoms in total. The Labute approximate surface area is 71.2 Å². The summed E-state index contributed by atoms with van der Waals surface area (Å²) in [5.74, 6) is 0.369. The van der Waals surface area contributed by atoms with Crippen molar-refractivity contribution in [3.63, 3.8) is 0 Å². The summed E-state index contributed by atoms with van der Waals surface area (Å²) in [4.78, 5) is 1.22. The highest BCUT2D eigenvalue weighted by molar-refractivity contribution is 7.10. The second-order valence-corrected chi connectivity index (χ2v) is 3.73. The van der Waals surface area contributed by atoms with E-state index in [1.54, 1.807) is 11.3 Å². The van der Waals surface area contributed by atoms with Gasteiger partial charge in [0.05, 0.1) is 0 Å². The van der Waals surface area contributed by atoms with Crippen LogP contribution in [0.15, 0.2) is 17.5 Å². The molecule has 0 aromatic carbocycles. The lowest BCUT2D eigenvalue weighted by atomic mass is 10.0. The Morgan fingerprint density at radius 3 is 2.82 bits per heavy atom. The summed E-state index contributed by atoms with van der Waals surface area (Å²) in [6, 6.07) is 4.19. The highest BCUT2D eigenvalue weighted by atomic mass is 32.1. The average Bonchev–Trinajstić information content (AvgIpc) is 2.53. The summed E-state index contributed by atoms with van der Waals surface area (Å²) in [6.07, 6.45) is 0. The van der Waals surface area contributed by atoms with Crippen molar-refractivity contribution in [2.45, 2.75) is 13.0 Å². The molecule has 1 aromatic heterocycles. The third kappa shape index (κ3) is 2.02. The summed E-state index contributed by atoms with van der Waals surface area (Å²) in [5.41, 5.74) is 11.4. The maximum atomic E-state index is 5.92. The van der Waals surface area contributed by atoms with Crippen molar-refractivity contribution in [3.8, 4) is 0 Å². The molecule has 0 aliphatic rings. The van der Waals surface area contributed by atoms with Crippen molar-refractivity contribution in [2.75, 3.05) is 6.54 Å². The van der Waals surface area contributed by atoms with Gasteiger partial charge < -0.3 is 11.5 Å². The van der Waals surface area contributed by atoms with Crippen molar-refractivity contribution in [1.29, 1.82) is 0 Å². The molecule has 11 heavy (non-hydrogen) atoms. The number of hydrogen-bond acceptors (Lipinski definition) is 3. The molecule has 1 rings (SSSR count). The van der Waals surface area contributed by atoms with E-state index in [4.69, 9.17) is 11.5 Å². The SMILES string of the molecule is CC(CN)C(N)c1cccs1. The van der Waals surface area contributed by atoms with Crippen molar-refractivity contribution in [2.24, 2.45) is 17.4 Å². The zero-order valence-corrected chi connectivity index (χ0v) is 7.47. The molecule has 0 aliphatic heterocycles. The second kappa shape index (κ2) is 3.85. The Morgan fingerprint density at radius 1 is 1.64 bits per heavy atom. The minimum Gasteiger partial charge on any atom is -0.330 e.